The minimum absolute atomic E-state index is 0.0263. The second kappa shape index (κ2) is 6.74. The summed E-state index contributed by atoms with van der Waals surface area (Å²) in [5.74, 6) is -0.283. The molecule has 3 amide bonds. The number of likely N-dealkylation sites (tertiary alicyclic amines) is 1. The van der Waals surface area contributed by atoms with Crippen LogP contribution in [-0.4, -0.2) is 87.2 Å². The van der Waals surface area contributed by atoms with Gasteiger partial charge in [-0.2, -0.15) is 0 Å². The zero-order valence-corrected chi connectivity index (χ0v) is 13.7. The van der Waals surface area contributed by atoms with Crippen molar-refractivity contribution in [2.45, 2.75) is 44.8 Å². The smallest absolute Gasteiger partial charge is 0.408 e. The molecule has 0 aromatic rings. The Morgan fingerprint density at radius 2 is 1.83 bits per heavy atom. The third-order valence-electron chi connectivity index (χ3n) is 4.78. The van der Waals surface area contributed by atoms with Gasteiger partial charge in [0.05, 0.1) is 5.60 Å². The van der Waals surface area contributed by atoms with Gasteiger partial charge in [-0.15, -0.1) is 0 Å². The van der Waals surface area contributed by atoms with Crippen LogP contribution in [0.25, 0.3) is 0 Å². The second-order valence-corrected chi connectivity index (χ2v) is 6.60. The molecule has 2 N–H and O–H groups in total. The van der Waals surface area contributed by atoms with Gasteiger partial charge in [-0.05, 0) is 26.7 Å². The van der Waals surface area contributed by atoms with Crippen LogP contribution < -0.4 is 0 Å². The van der Waals surface area contributed by atoms with Crippen LogP contribution in [0.5, 0.6) is 0 Å². The molecule has 0 bridgehead atoms. The van der Waals surface area contributed by atoms with Gasteiger partial charge in [0.1, 0.15) is 6.04 Å². The van der Waals surface area contributed by atoms with Crippen molar-refractivity contribution < 1.29 is 24.6 Å². The molecule has 2 aliphatic heterocycles. The summed E-state index contributed by atoms with van der Waals surface area (Å²) in [5.41, 5.74) is -0.699. The molecule has 2 heterocycles. The molecule has 8 heteroatoms. The summed E-state index contributed by atoms with van der Waals surface area (Å²) in [6.45, 7) is 5.29. The van der Waals surface area contributed by atoms with Crippen molar-refractivity contribution in [2.75, 3.05) is 32.7 Å². The largest absolute Gasteiger partial charge is 0.465 e. The van der Waals surface area contributed by atoms with Crippen molar-refractivity contribution >= 4 is 17.9 Å². The van der Waals surface area contributed by atoms with Gasteiger partial charge in [-0.3, -0.25) is 14.5 Å². The van der Waals surface area contributed by atoms with Crippen LogP contribution in [0.15, 0.2) is 0 Å². The van der Waals surface area contributed by atoms with E-state index in [0.29, 0.717) is 39.0 Å². The highest BCUT2D eigenvalue weighted by molar-refractivity contribution is 5.86. The predicted molar refractivity (Wildman–Crippen MR) is 81.8 cm³/mol. The summed E-state index contributed by atoms with van der Waals surface area (Å²) in [6, 6.07) is -0.707. The lowest BCUT2D eigenvalue weighted by atomic mass is 9.94. The zero-order valence-electron chi connectivity index (χ0n) is 13.7. The van der Waals surface area contributed by atoms with Crippen LogP contribution in [0.3, 0.4) is 0 Å². The molecule has 0 unspecified atom stereocenters. The number of hydrogen-bond donors (Lipinski definition) is 2. The number of piperazine rings is 1. The highest BCUT2D eigenvalue weighted by Gasteiger charge is 2.35. The zero-order chi connectivity index (χ0) is 17.2. The number of carboxylic acid groups (broad SMARTS) is 1. The van der Waals surface area contributed by atoms with Gasteiger partial charge >= 0.3 is 6.09 Å². The fraction of sp³-hybridized carbons (Fsp3) is 0.800. The van der Waals surface area contributed by atoms with Crippen LogP contribution in [0.1, 0.15) is 33.1 Å². The Balaban J connectivity index is 1.81. The lowest BCUT2D eigenvalue weighted by molar-refractivity contribution is -0.141. The van der Waals surface area contributed by atoms with Crippen molar-refractivity contribution in [3.05, 3.63) is 0 Å². The van der Waals surface area contributed by atoms with Crippen LogP contribution in [-0.2, 0) is 9.59 Å². The Bertz CT molecular complexity index is 484. The molecule has 0 saturated carbocycles. The van der Waals surface area contributed by atoms with Gasteiger partial charge in [-0.25, -0.2) is 4.79 Å². The van der Waals surface area contributed by atoms with Gasteiger partial charge in [0, 0.05) is 39.1 Å². The van der Waals surface area contributed by atoms with Gasteiger partial charge in [0.2, 0.25) is 11.8 Å². The van der Waals surface area contributed by atoms with E-state index < -0.39 is 17.7 Å². The Hall–Kier alpha value is -1.83. The van der Waals surface area contributed by atoms with Crippen molar-refractivity contribution in [1.29, 1.82) is 0 Å². The summed E-state index contributed by atoms with van der Waals surface area (Å²) < 4.78 is 0. The first-order chi connectivity index (χ1) is 10.7. The number of carbonyl (C=O) groups is 3. The number of hydrogen-bond acceptors (Lipinski definition) is 4. The van der Waals surface area contributed by atoms with Crippen LogP contribution in [0.2, 0.25) is 0 Å². The Labute approximate surface area is 135 Å². The average molecular weight is 327 g/mol. The first-order valence-electron chi connectivity index (χ1n) is 8.00. The SMILES string of the molecule is C[C@H]1C(=O)N(CCC(=O)N2CCC(C)(O)CC2)CCN1C(=O)O. The lowest BCUT2D eigenvalue weighted by Crippen LogP contribution is -2.57. The molecular formula is C15H25N3O5. The van der Waals surface area contributed by atoms with E-state index in [2.05, 4.69) is 0 Å². The second-order valence-electron chi connectivity index (χ2n) is 6.60. The number of piperidine rings is 1. The summed E-state index contributed by atoms with van der Waals surface area (Å²) in [5, 5.41) is 18.9. The molecule has 0 aliphatic carbocycles. The highest BCUT2D eigenvalue weighted by atomic mass is 16.4. The topological polar surface area (TPSA) is 101 Å². The normalized spacial score (nSPS) is 24.7. The van der Waals surface area contributed by atoms with Crippen LogP contribution in [0.4, 0.5) is 4.79 Å². The molecule has 130 valence electrons. The van der Waals surface area contributed by atoms with E-state index in [1.807, 2.05) is 0 Å². The number of rotatable bonds is 3. The standard InChI is InChI=1S/C15H25N3O5/c1-11-13(20)17(9-10-18(11)14(21)22)6-3-12(19)16-7-4-15(2,23)5-8-16/h11,23H,3-10H2,1-2H3,(H,21,22)/t11-/m0/s1. The maximum Gasteiger partial charge on any atom is 0.408 e. The molecule has 8 nitrogen and oxygen atoms in total. The van der Waals surface area contributed by atoms with Crippen molar-refractivity contribution in [3.8, 4) is 0 Å². The van der Waals surface area contributed by atoms with E-state index in [1.165, 1.54) is 0 Å². The van der Waals surface area contributed by atoms with E-state index in [0.717, 1.165) is 4.90 Å². The van der Waals surface area contributed by atoms with Gasteiger partial charge in [0.25, 0.3) is 0 Å². The molecule has 0 aromatic carbocycles. The fourth-order valence-corrected chi connectivity index (χ4v) is 3.04. The van der Waals surface area contributed by atoms with Crippen molar-refractivity contribution in [1.82, 2.24) is 14.7 Å². The minimum Gasteiger partial charge on any atom is -0.465 e. The molecule has 2 fully saturated rings. The fourth-order valence-electron chi connectivity index (χ4n) is 3.04. The van der Waals surface area contributed by atoms with Gasteiger partial charge in [0.15, 0.2) is 0 Å². The highest BCUT2D eigenvalue weighted by Crippen LogP contribution is 2.21. The van der Waals surface area contributed by atoms with Crippen LogP contribution >= 0.6 is 0 Å². The lowest BCUT2D eigenvalue weighted by Gasteiger charge is -2.38. The predicted octanol–water partition coefficient (Wildman–Crippen LogP) is -0.0394. The molecule has 2 saturated heterocycles. The molecule has 2 aliphatic rings. The van der Waals surface area contributed by atoms with Crippen molar-refractivity contribution in [2.24, 2.45) is 0 Å². The molecule has 0 spiro atoms. The molecule has 2 rings (SSSR count). The van der Waals surface area contributed by atoms with E-state index in [9.17, 15) is 19.5 Å². The number of carbonyl (C=O) groups excluding carboxylic acids is 2. The maximum atomic E-state index is 12.2. The summed E-state index contributed by atoms with van der Waals surface area (Å²) in [6.07, 6.45) is 0.257. The third kappa shape index (κ3) is 4.13. The van der Waals surface area contributed by atoms with E-state index in [4.69, 9.17) is 5.11 Å². The number of aliphatic hydroxyl groups is 1. The molecular weight excluding hydrogens is 302 g/mol. The Morgan fingerprint density at radius 1 is 1.22 bits per heavy atom. The Morgan fingerprint density at radius 3 is 2.39 bits per heavy atom. The first-order valence-corrected chi connectivity index (χ1v) is 8.00. The van der Waals surface area contributed by atoms with E-state index in [1.54, 1.807) is 23.6 Å². The van der Waals surface area contributed by atoms with Gasteiger partial charge < -0.3 is 20.0 Å². The monoisotopic (exact) mass is 327 g/mol. The quantitative estimate of drug-likeness (QED) is 0.757. The molecule has 0 aromatic heterocycles. The average Bonchev–Trinajstić information content (AvgIpc) is 2.48. The van der Waals surface area contributed by atoms with Crippen LogP contribution in [0, 0.1) is 0 Å². The first kappa shape index (κ1) is 17.5. The Kier molecular flexibility index (Phi) is 5.13. The van der Waals surface area contributed by atoms with E-state index >= 15 is 0 Å². The maximum absolute atomic E-state index is 12.2. The number of nitrogens with zero attached hydrogens (tertiary/aromatic N) is 3. The van der Waals surface area contributed by atoms with Crippen molar-refractivity contribution in [3.63, 3.8) is 0 Å². The summed E-state index contributed by atoms with van der Waals surface area (Å²) in [7, 11) is 0. The minimum atomic E-state index is -1.10. The summed E-state index contributed by atoms with van der Waals surface area (Å²) in [4.78, 5) is 39.8. The van der Waals surface area contributed by atoms with E-state index in [-0.39, 0.29) is 24.8 Å². The summed E-state index contributed by atoms with van der Waals surface area (Å²) >= 11 is 0. The number of amides is 3. The molecule has 23 heavy (non-hydrogen) atoms. The third-order valence-corrected chi connectivity index (χ3v) is 4.78. The van der Waals surface area contributed by atoms with Gasteiger partial charge in [-0.1, -0.05) is 0 Å². The molecule has 0 radical (unpaired) electrons. The molecule has 1 atom stereocenters.